The van der Waals surface area contributed by atoms with E-state index < -0.39 is 17.9 Å². The summed E-state index contributed by atoms with van der Waals surface area (Å²) in [5, 5.41) is 2.74. The molecule has 0 fully saturated rings. The highest BCUT2D eigenvalue weighted by Gasteiger charge is 2.22. The average molecular weight is 348 g/mol. The van der Waals surface area contributed by atoms with Gasteiger partial charge in [0.1, 0.15) is 6.04 Å². The van der Waals surface area contributed by atoms with Crippen molar-refractivity contribution in [3.05, 3.63) is 58.7 Å². The number of nitrogens with zero attached hydrogens (tertiary/aromatic N) is 1. The number of carbonyl (C=O) groups is 2. The van der Waals surface area contributed by atoms with Crippen molar-refractivity contribution in [1.29, 1.82) is 0 Å². The molecular weight excluding hydrogens is 330 g/mol. The third kappa shape index (κ3) is 4.70. The highest BCUT2D eigenvalue weighted by molar-refractivity contribution is 6.33. The van der Waals surface area contributed by atoms with E-state index in [1.54, 1.807) is 13.0 Å². The maximum atomic E-state index is 12.4. The number of hydrogen-bond acceptors (Lipinski definition) is 4. The quantitative estimate of drug-likeness (QED) is 0.800. The normalized spacial score (nSPS) is 11.6. The molecular formula is C17H18ClN3O3. The number of hydrogen-bond donors (Lipinski definition) is 2. The van der Waals surface area contributed by atoms with Gasteiger partial charge in [0.05, 0.1) is 11.6 Å². The predicted octanol–water partition coefficient (Wildman–Crippen LogP) is 1.96. The lowest BCUT2D eigenvalue weighted by atomic mass is 10.1. The summed E-state index contributed by atoms with van der Waals surface area (Å²) < 4.78 is 5.26. The summed E-state index contributed by atoms with van der Waals surface area (Å²) in [4.78, 5) is 28.1. The molecule has 6 nitrogen and oxygen atoms in total. The molecule has 0 aliphatic rings. The van der Waals surface area contributed by atoms with Crippen molar-refractivity contribution in [3.63, 3.8) is 0 Å². The Labute approximate surface area is 145 Å². The Hall–Kier alpha value is -2.60. The van der Waals surface area contributed by atoms with Gasteiger partial charge in [-0.05, 0) is 18.6 Å². The van der Waals surface area contributed by atoms with E-state index >= 15 is 0 Å². The van der Waals surface area contributed by atoms with E-state index in [0.29, 0.717) is 6.61 Å². The molecule has 2 aromatic rings. The fourth-order valence-corrected chi connectivity index (χ4v) is 2.30. The van der Waals surface area contributed by atoms with Gasteiger partial charge in [-0.3, -0.25) is 9.59 Å². The summed E-state index contributed by atoms with van der Waals surface area (Å²) in [6.45, 7) is 2.21. The zero-order valence-corrected chi connectivity index (χ0v) is 13.9. The highest BCUT2D eigenvalue weighted by Crippen LogP contribution is 2.18. The molecule has 0 bridgehead atoms. The Morgan fingerprint density at radius 2 is 1.96 bits per heavy atom. The molecule has 126 valence electrons. The van der Waals surface area contributed by atoms with Gasteiger partial charge in [-0.25, -0.2) is 4.98 Å². The fourth-order valence-electron chi connectivity index (χ4n) is 2.11. The summed E-state index contributed by atoms with van der Waals surface area (Å²) in [6.07, 6.45) is 0.282. The van der Waals surface area contributed by atoms with Crippen molar-refractivity contribution in [2.45, 2.75) is 19.4 Å². The van der Waals surface area contributed by atoms with Crippen LogP contribution in [0.5, 0.6) is 5.88 Å². The van der Waals surface area contributed by atoms with Crippen LogP contribution < -0.4 is 15.8 Å². The Kier molecular flexibility index (Phi) is 6.14. The molecule has 0 aliphatic carbocycles. The molecule has 7 heteroatoms. The third-order valence-electron chi connectivity index (χ3n) is 3.26. The maximum Gasteiger partial charge on any atom is 0.272 e. The Morgan fingerprint density at radius 3 is 2.58 bits per heavy atom. The van der Waals surface area contributed by atoms with Crippen LogP contribution in [-0.4, -0.2) is 29.4 Å². The zero-order chi connectivity index (χ0) is 17.5. The number of carbonyl (C=O) groups excluding carboxylic acids is 2. The number of amides is 2. The van der Waals surface area contributed by atoms with E-state index in [1.165, 1.54) is 6.07 Å². The van der Waals surface area contributed by atoms with E-state index in [2.05, 4.69) is 10.3 Å². The maximum absolute atomic E-state index is 12.4. The van der Waals surface area contributed by atoms with Crippen LogP contribution in [0.15, 0.2) is 42.5 Å². The minimum absolute atomic E-state index is 0.0121. The predicted molar refractivity (Wildman–Crippen MR) is 91.0 cm³/mol. The molecule has 0 spiro atoms. The molecule has 1 unspecified atom stereocenters. The number of pyridine rings is 1. The summed E-state index contributed by atoms with van der Waals surface area (Å²) in [6, 6.07) is 11.5. The number of aromatic nitrogens is 1. The Morgan fingerprint density at radius 1 is 1.25 bits per heavy atom. The molecule has 3 N–H and O–H groups in total. The number of nitrogens with two attached hydrogens (primary N) is 1. The van der Waals surface area contributed by atoms with Crippen molar-refractivity contribution in [2.75, 3.05) is 6.61 Å². The van der Waals surface area contributed by atoms with Crippen LogP contribution in [0.2, 0.25) is 5.02 Å². The van der Waals surface area contributed by atoms with E-state index in [0.717, 1.165) is 5.56 Å². The highest BCUT2D eigenvalue weighted by atomic mass is 35.5. The minimum atomic E-state index is -0.867. The lowest BCUT2D eigenvalue weighted by Gasteiger charge is -2.16. The first-order valence-electron chi connectivity index (χ1n) is 7.44. The van der Waals surface area contributed by atoms with Gasteiger partial charge in [-0.1, -0.05) is 41.9 Å². The summed E-state index contributed by atoms with van der Waals surface area (Å²) in [5.74, 6) is -0.934. The average Bonchev–Trinajstić information content (AvgIpc) is 2.57. The minimum Gasteiger partial charge on any atom is -0.478 e. The number of ether oxygens (including phenoxy) is 1. The molecule has 0 saturated carbocycles. The van der Waals surface area contributed by atoms with Crippen LogP contribution in [0.4, 0.5) is 0 Å². The van der Waals surface area contributed by atoms with Crippen LogP contribution in [-0.2, 0) is 11.2 Å². The molecule has 1 aromatic carbocycles. The van der Waals surface area contributed by atoms with Crippen molar-refractivity contribution in [2.24, 2.45) is 5.73 Å². The number of rotatable bonds is 7. The Balaban J connectivity index is 2.16. The van der Waals surface area contributed by atoms with Crippen LogP contribution >= 0.6 is 11.6 Å². The van der Waals surface area contributed by atoms with E-state index in [9.17, 15) is 9.59 Å². The summed E-state index contributed by atoms with van der Waals surface area (Å²) >= 11 is 6.02. The van der Waals surface area contributed by atoms with Crippen LogP contribution in [0.25, 0.3) is 0 Å². The van der Waals surface area contributed by atoms with E-state index in [4.69, 9.17) is 22.1 Å². The van der Waals surface area contributed by atoms with Gasteiger partial charge in [-0.2, -0.15) is 0 Å². The summed E-state index contributed by atoms with van der Waals surface area (Å²) in [7, 11) is 0. The van der Waals surface area contributed by atoms with Crippen molar-refractivity contribution in [1.82, 2.24) is 10.3 Å². The van der Waals surface area contributed by atoms with Gasteiger partial charge in [0.2, 0.25) is 11.8 Å². The number of nitrogens with one attached hydrogen (secondary N) is 1. The second-order valence-corrected chi connectivity index (χ2v) is 5.44. The van der Waals surface area contributed by atoms with Crippen LogP contribution in [0.3, 0.4) is 0 Å². The van der Waals surface area contributed by atoms with Gasteiger partial charge in [0.25, 0.3) is 5.91 Å². The lowest BCUT2D eigenvalue weighted by Crippen LogP contribution is -2.46. The molecule has 2 amide bonds. The van der Waals surface area contributed by atoms with E-state index in [-0.39, 0.29) is 23.0 Å². The molecule has 0 saturated heterocycles. The monoisotopic (exact) mass is 347 g/mol. The zero-order valence-electron chi connectivity index (χ0n) is 13.2. The third-order valence-corrected chi connectivity index (χ3v) is 3.56. The molecule has 1 aromatic heterocycles. The number of primary amides is 1. The van der Waals surface area contributed by atoms with Crippen molar-refractivity contribution >= 4 is 23.4 Å². The number of benzene rings is 1. The first-order chi connectivity index (χ1) is 11.5. The topological polar surface area (TPSA) is 94.3 Å². The van der Waals surface area contributed by atoms with Crippen molar-refractivity contribution in [3.8, 4) is 5.88 Å². The second kappa shape index (κ2) is 8.31. The number of halogens is 1. The smallest absolute Gasteiger partial charge is 0.272 e. The second-order valence-electron chi connectivity index (χ2n) is 5.03. The molecule has 24 heavy (non-hydrogen) atoms. The Bertz CT molecular complexity index is 722. The summed E-state index contributed by atoms with van der Waals surface area (Å²) in [5.41, 5.74) is 6.26. The van der Waals surface area contributed by atoms with Gasteiger partial charge in [-0.15, -0.1) is 0 Å². The van der Waals surface area contributed by atoms with Gasteiger partial charge < -0.3 is 15.8 Å². The fraction of sp³-hybridized carbons (Fsp3) is 0.235. The first kappa shape index (κ1) is 17.7. The molecule has 1 atom stereocenters. The SMILES string of the molecule is CCOc1ccc(Cl)c(C(=O)NC(Cc2ccccc2)C(N)=O)n1. The van der Waals surface area contributed by atoms with Crippen molar-refractivity contribution < 1.29 is 14.3 Å². The molecule has 1 heterocycles. The van der Waals surface area contributed by atoms with Gasteiger partial charge >= 0.3 is 0 Å². The largest absolute Gasteiger partial charge is 0.478 e. The van der Waals surface area contributed by atoms with Gasteiger partial charge in [0, 0.05) is 12.5 Å². The molecule has 2 rings (SSSR count). The van der Waals surface area contributed by atoms with Crippen LogP contribution in [0.1, 0.15) is 23.0 Å². The van der Waals surface area contributed by atoms with E-state index in [1.807, 2.05) is 30.3 Å². The molecule has 0 aliphatic heterocycles. The molecule has 0 radical (unpaired) electrons. The van der Waals surface area contributed by atoms with Crippen LogP contribution in [0, 0.1) is 0 Å². The van der Waals surface area contributed by atoms with Gasteiger partial charge in [0.15, 0.2) is 5.69 Å². The lowest BCUT2D eigenvalue weighted by molar-refractivity contribution is -0.119. The standard InChI is InChI=1S/C17H18ClN3O3/c1-2-24-14-9-8-12(18)15(21-14)17(23)20-13(16(19)22)10-11-6-4-3-5-7-11/h3-9,13H,2,10H2,1H3,(H2,19,22)(H,20,23). The first-order valence-corrected chi connectivity index (χ1v) is 7.82.